The molecular formula is C14H13FN2. The molecule has 3 heteroatoms. The van der Waals surface area contributed by atoms with Gasteiger partial charge in [-0.05, 0) is 11.5 Å². The van der Waals surface area contributed by atoms with E-state index in [0.29, 0.717) is 5.57 Å². The van der Waals surface area contributed by atoms with Crippen LogP contribution in [-0.4, -0.2) is 0 Å². The average molecular weight is 228 g/mol. The van der Waals surface area contributed by atoms with Crippen LogP contribution >= 0.6 is 0 Å². The van der Waals surface area contributed by atoms with Crippen LogP contribution in [0.25, 0.3) is 5.57 Å². The highest BCUT2D eigenvalue weighted by Gasteiger charge is 2.23. The lowest BCUT2D eigenvalue weighted by Gasteiger charge is -2.18. The molecular weight excluding hydrogens is 215 g/mol. The van der Waals surface area contributed by atoms with Gasteiger partial charge in [-0.15, -0.1) is 0 Å². The molecule has 0 unspecified atom stereocenters. The van der Waals surface area contributed by atoms with E-state index < -0.39 is 11.2 Å². The van der Waals surface area contributed by atoms with Crippen LogP contribution in [0, 0.1) is 33.9 Å². The highest BCUT2D eigenvalue weighted by atomic mass is 19.1. The Bertz CT molecular complexity index is 537. The van der Waals surface area contributed by atoms with Crippen molar-refractivity contribution in [2.24, 2.45) is 5.41 Å². The molecule has 0 aliphatic rings. The third-order valence-corrected chi connectivity index (χ3v) is 2.37. The largest absolute Gasteiger partial charge is 0.206 e. The molecule has 1 rings (SSSR count). The van der Waals surface area contributed by atoms with Crippen LogP contribution in [0.5, 0.6) is 0 Å². The van der Waals surface area contributed by atoms with Crippen molar-refractivity contribution in [3.63, 3.8) is 0 Å². The SMILES string of the molecule is CC(C)(C)/C(C#N)=C(/C#N)c1ccccc1F. The van der Waals surface area contributed by atoms with Gasteiger partial charge >= 0.3 is 0 Å². The summed E-state index contributed by atoms with van der Waals surface area (Å²) >= 11 is 0. The number of halogens is 1. The van der Waals surface area contributed by atoms with Crippen LogP contribution in [0.1, 0.15) is 26.3 Å². The molecule has 0 aliphatic carbocycles. The maximum atomic E-state index is 13.6. The van der Waals surface area contributed by atoms with Crippen LogP contribution in [-0.2, 0) is 0 Å². The number of rotatable bonds is 1. The van der Waals surface area contributed by atoms with Crippen LogP contribution in [0.15, 0.2) is 29.8 Å². The van der Waals surface area contributed by atoms with Gasteiger partial charge in [0.25, 0.3) is 0 Å². The van der Waals surface area contributed by atoms with E-state index in [9.17, 15) is 4.39 Å². The van der Waals surface area contributed by atoms with E-state index in [-0.39, 0.29) is 11.1 Å². The zero-order chi connectivity index (χ0) is 13.1. The minimum Gasteiger partial charge on any atom is -0.206 e. The summed E-state index contributed by atoms with van der Waals surface area (Å²) in [5, 5.41) is 18.3. The van der Waals surface area contributed by atoms with Gasteiger partial charge < -0.3 is 0 Å². The molecule has 0 bridgehead atoms. The first-order valence-electron chi connectivity index (χ1n) is 5.21. The van der Waals surface area contributed by atoms with E-state index in [1.165, 1.54) is 12.1 Å². The number of allylic oxidation sites excluding steroid dienone is 2. The summed E-state index contributed by atoms with van der Waals surface area (Å²) in [6, 6.07) is 9.93. The topological polar surface area (TPSA) is 47.6 Å². The van der Waals surface area contributed by atoms with Crippen molar-refractivity contribution in [3.8, 4) is 12.1 Å². The van der Waals surface area contributed by atoms with Crippen molar-refractivity contribution >= 4 is 5.57 Å². The molecule has 0 spiro atoms. The minimum absolute atomic E-state index is 0.109. The molecule has 0 atom stereocenters. The van der Waals surface area contributed by atoms with Crippen molar-refractivity contribution in [3.05, 3.63) is 41.2 Å². The Balaban J connectivity index is 3.56. The third-order valence-electron chi connectivity index (χ3n) is 2.37. The molecule has 0 aliphatic heterocycles. The fourth-order valence-corrected chi connectivity index (χ4v) is 1.51. The van der Waals surface area contributed by atoms with E-state index in [1.807, 2.05) is 32.9 Å². The van der Waals surface area contributed by atoms with Crippen molar-refractivity contribution in [2.75, 3.05) is 0 Å². The monoisotopic (exact) mass is 228 g/mol. The Morgan fingerprint density at radius 2 is 1.71 bits per heavy atom. The molecule has 0 aromatic heterocycles. The first-order chi connectivity index (χ1) is 7.91. The van der Waals surface area contributed by atoms with Gasteiger partial charge in [-0.3, -0.25) is 0 Å². The standard InChI is InChI=1S/C14H13FN2/c1-14(2,3)12(9-17)11(8-16)10-6-4-5-7-13(10)15/h4-7H,1-3H3/b12-11-. The zero-order valence-corrected chi connectivity index (χ0v) is 10.1. The Morgan fingerprint density at radius 1 is 1.12 bits per heavy atom. The predicted molar refractivity (Wildman–Crippen MR) is 64.0 cm³/mol. The second kappa shape index (κ2) is 4.80. The second-order valence-corrected chi connectivity index (χ2v) is 4.70. The smallest absolute Gasteiger partial charge is 0.131 e. The van der Waals surface area contributed by atoms with Crippen molar-refractivity contribution in [1.29, 1.82) is 10.5 Å². The van der Waals surface area contributed by atoms with E-state index in [1.54, 1.807) is 12.1 Å². The molecule has 2 nitrogen and oxygen atoms in total. The fraction of sp³-hybridized carbons (Fsp3) is 0.286. The number of benzene rings is 1. The highest BCUT2D eigenvalue weighted by Crippen LogP contribution is 2.32. The summed E-state index contributed by atoms with van der Waals surface area (Å²) in [6.07, 6.45) is 0. The highest BCUT2D eigenvalue weighted by molar-refractivity contribution is 5.82. The van der Waals surface area contributed by atoms with E-state index in [0.717, 1.165) is 0 Å². The normalized spacial score (nSPS) is 12.4. The summed E-state index contributed by atoms with van der Waals surface area (Å²) in [7, 11) is 0. The Hall–Kier alpha value is -2.13. The molecule has 0 saturated heterocycles. The Kier molecular flexibility index (Phi) is 3.66. The van der Waals surface area contributed by atoms with Gasteiger partial charge in [0.1, 0.15) is 11.9 Å². The second-order valence-electron chi connectivity index (χ2n) is 4.70. The molecule has 17 heavy (non-hydrogen) atoms. The molecule has 86 valence electrons. The van der Waals surface area contributed by atoms with Gasteiger partial charge in [0, 0.05) is 5.56 Å². The summed E-state index contributed by atoms with van der Waals surface area (Å²) in [5.41, 5.74) is 0.104. The van der Waals surface area contributed by atoms with Crippen LogP contribution < -0.4 is 0 Å². The fourth-order valence-electron chi connectivity index (χ4n) is 1.51. The molecule has 0 fully saturated rings. The van der Waals surface area contributed by atoms with Crippen LogP contribution in [0.3, 0.4) is 0 Å². The Morgan fingerprint density at radius 3 is 2.12 bits per heavy atom. The Labute approximate surface area is 101 Å². The van der Waals surface area contributed by atoms with Gasteiger partial charge in [0.15, 0.2) is 0 Å². The van der Waals surface area contributed by atoms with Crippen LogP contribution in [0.4, 0.5) is 4.39 Å². The molecule has 1 aromatic rings. The third kappa shape index (κ3) is 2.71. The van der Waals surface area contributed by atoms with Crippen molar-refractivity contribution in [1.82, 2.24) is 0 Å². The summed E-state index contributed by atoms with van der Waals surface area (Å²) in [5.74, 6) is -0.485. The van der Waals surface area contributed by atoms with E-state index >= 15 is 0 Å². The molecule has 0 amide bonds. The minimum atomic E-state index is -0.485. The van der Waals surface area contributed by atoms with Gasteiger partial charge in [0.05, 0.1) is 17.2 Å². The predicted octanol–water partition coefficient (Wildman–Crippen LogP) is 3.67. The van der Waals surface area contributed by atoms with Crippen molar-refractivity contribution < 1.29 is 4.39 Å². The van der Waals surface area contributed by atoms with Crippen molar-refractivity contribution in [2.45, 2.75) is 20.8 Å². The number of hydrogen-bond donors (Lipinski definition) is 0. The number of nitriles is 2. The number of nitrogens with zero attached hydrogens (tertiary/aromatic N) is 2. The summed E-state index contributed by atoms with van der Waals surface area (Å²) in [4.78, 5) is 0. The van der Waals surface area contributed by atoms with Gasteiger partial charge in [-0.25, -0.2) is 4.39 Å². The first-order valence-corrected chi connectivity index (χ1v) is 5.21. The van der Waals surface area contributed by atoms with Gasteiger partial charge in [0.2, 0.25) is 0 Å². The molecule has 0 heterocycles. The molecule has 0 radical (unpaired) electrons. The summed E-state index contributed by atoms with van der Waals surface area (Å²) in [6.45, 7) is 5.47. The van der Waals surface area contributed by atoms with E-state index in [2.05, 4.69) is 0 Å². The van der Waals surface area contributed by atoms with Crippen LogP contribution in [0.2, 0.25) is 0 Å². The lowest BCUT2D eigenvalue weighted by molar-refractivity contribution is 0.521. The average Bonchev–Trinajstić information content (AvgIpc) is 2.25. The quantitative estimate of drug-likeness (QED) is 0.688. The lowest BCUT2D eigenvalue weighted by atomic mass is 9.82. The summed E-state index contributed by atoms with van der Waals surface area (Å²) < 4.78 is 13.6. The maximum absolute atomic E-state index is 13.6. The van der Waals surface area contributed by atoms with Gasteiger partial charge in [-0.2, -0.15) is 10.5 Å². The molecule has 1 aromatic carbocycles. The zero-order valence-electron chi connectivity index (χ0n) is 10.1. The first kappa shape index (κ1) is 12.9. The number of hydrogen-bond acceptors (Lipinski definition) is 2. The van der Waals surface area contributed by atoms with E-state index in [4.69, 9.17) is 10.5 Å². The van der Waals surface area contributed by atoms with Gasteiger partial charge in [-0.1, -0.05) is 39.0 Å². The molecule has 0 saturated carbocycles. The lowest BCUT2D eigenvalue weighted by Crippen LogP contribution is -2.10. The molecule has 0 N–H and O–H groups in total. The maximum Gasteiger partial charge on any atom is 0.131 e.